The van der Waals surface area contributed by atoms with Crippen molar-refractivity contribution < 1.29 is 188 Å². The number of H-pyrrole nitrogens is 1. The van der Waals surface area contributed by atoms with Crippen LogP contribution in [0.15, 0.2) is 35.3 Å². The molecule has 0 saturated carbocycles. The minimum absolute atomic E-state index is 0.0195. The number of aromatic nitrogens is 4. The van der Waals surface area contributed by atoms with Crippen LogP contribution in [0.3, 0.4) is 0 Å². The van der Waals surface area contributed by atoms with E-state index >= 15 is 0 Å². The number of fused-ring (bicyclic) bond motifs is 1. The fraction of sp³-hybridized carbons (Fsp3) is 0.754. The van der Waals surface area contributed by atoms with Gasteiger partial charge in [0.2, 0.25) is 11.9 Å². The van der Waals surface area contributed by atoms with E-state index in [2.05, 4.69) is 35.9 Å². The first kappa shape index (κ1) is 83.0. The van der Waals surface area contributed by atoms with E-state index in [1.807, 2.05) is 0 Å². The number of aliphatic hydroxyl groups is 20. The first-order valence-electron chi connectivity index (χ1n) is 34.0. The van der Waals surface area contributed by atoms with Gasteiger partial charge in [-0.2, -0.15) is 4.98 Å². The Kier molecular flexibility index (Phi) is 27.6. The highest BCUT2D eigenvalue weighted by Crippen LogP contribution is 2.39. The second-order valence-corrected chi connectivity index (χ2v) is 26.6. The number of hydrogen-bond donors (Lipinski definition) is 26. The second-order valence-electron chi connectivity index (χ2n) is 26.6. The van der Waals surface area contributed by atoms with Gasteiger partial charge >= 0.3 is 5.97 Å². The molecule has 1 aromatic carbocycles. The molecule has 0 radical (unpaired) electrons. The van der Waals surface area contributed by atoms with Gasteiger partial charge in [-0.15, -0.1) is 0 Å². The number of carboxylic acid groups (broad SMARTS) is 1. The Morgan fingerprint density at radius 3 is 1.07 bits per heavy atom. The van der Waals surface area contributed by atoms with Crippen LogP contribution in [0.5, 0.6) is 0 Å². The number of amides is 2. The Balaban J connectivity index is 0.821. The van der Waals surface area contributed by atoms with Gasteiger partial charge in [0, 0.05) is 24.2 Å². The van der Waals surface area contributed by atoms with Gasteiger partial charge in [0.15, 0.2) is 55.2 Å². The quantitative estimate of drug-likeness (QED) is 0.0597. The number of nitrogen functional groups attached to an aromatic ring is 1. The van der Waals surface area contributed by atoms with E-state index in [4.69, 9.17) is 72.0 Å². The van der Waals surface area contributed by atoms with Crippen LogP contribution in [0.1, 0.15) is 28.9 Å². The maximum Gasteiger partial charge on any atom is 0.326 e. The molecule has 3 aromatic rings. The lowest BCUT2D eigenvalue weighted by Crippen LogP contribution is -2.68. The zero-order valence-corrected chi connectivity index (χ0v) is 56.4. The number of carbonyl (C=O) groups is 3. The van der Waals surface area contributed by atoms with Crippen LogP contribution in [0.25, 0.3) is 11.2 Å². The summed E-state index contributed by atoms with van der Waals surface area (Å²) < 4.78 is 81.1. The third kappa shape index (κ3) is 17.6. The van der Waals surface area contributed by atoms with E-state index in [9.17, 15) is 126 Å². The van der Waals surface area contributed by atoms with Crippen molar-refractivity contribution in [1.29, 1.82) is 0 Å². The van der Waals surface area contributed by atoms with Crippen molar-refractivity contribution in [2.24, 2.45) is 0 Å². The van der Waals surface area contributed by atoms with Gasteiger partial charge in [0.05, 0.1) is 58.1 Å². The fourth-order valence-corrected chi connectivity index (χ4v) is 13.5. The Bertz CT molecular complexity index is 3520. The van der Waals surface area contributed by atoms with Gasteiger partial charge in [-0.05, 0) is 30.7 Å². The van der Waals surface area contributed by atoms with E-state index < -0.39 is 303 Å². The van der Waals surface area contributed by atoms with E-state index in [1.165, 1.54) is 30.5 Å². The first-order chi connectivity index (χ1) is 51.5. The molecule has 21 fully saturated rings. The van der Waals surface area contributed by atoms with Crippen LogP contribution in [-0.4, -0.2) is 412 Å². The van der Waals surface area contributed by atoms with Crippen LogP contribution < -0.4 is 27.2 Å². The zero-order chi connectivity index (χ0) is 78.0. The van der Waals surface area contributed by atoms with Crippen molar-refractivity contribution >= 4 is 40.6 Å². The van der Waals surface area contributed by atoms with Gasteiger partial charge in [0.1, 0.15) is 177 Å². The molecule has 27 N–H and O–H groups in total. The maximum atomic E-state index is 13.7. The van der Waals surface area contributed by atoms with Crippen LogP contribution in [0.2, 0.25) is 0 Å². The summed E-state index contributed by atoms with van der Waals surface area (Å²) in [6.07, 6.45) is -73.9. The minimum atomic E-state index is -2.38. The van der Waals surface area contributed by atoms with Crippen molar-refractivity contribution in [2.75, 3.05) is 57.2 Å². The molecule has 24 rings (SSSR count). The first-order valence-corrected chi connectivity index (χ1v) is 34.0. The molecule has 2 aromatic heterocycles. The molecular formula is C61H88N8O39. The van der Waals surface area contributed by atoms with E-state index in [0.29, 0.717) is 11.4 Å². The Morgan fingerprint density at radius 2 is 0.759 bits per heavy atom. The molecule has 23 heterocycles. The van der Waals surface area contributed by atoms with Crippen molar-refractivity contribution in [2.45, 2.75) is 240 Å². The molecular weight excluding hydrogens is 1470 g/mol. The van der Waals surface area contributed by atoms with E-state index in [1.54, 1.807) is 0 Å². The molecule has 47 heteroatoms. The number of carbonyl (C=O) groups excluding carboxylic acids is 2. The predicted molar refractivity (Wildman–Crippen MR) is 339 cm³/mol. The molecule has 21 aliphatic rings. The molecule has 21 aliphatic heterocycles. The number of aliphatic hydroxyl groups excluding tert-OH is 20. The predicted octanol–water partition coefficient (Wildman–Crippen LogP) is -15.2. The summed E-state index contributed by atoms with van der Waals surface area (Å²) in [7, 11) is 0. The number of rotatable bonds is 17. The van der Waals surface area contributed by atoms with Gasteiger partial charge in [-0.25, -0.2) is 14.8 Å². The lowest BCUT2D eigenvalue weighted by molar-refractivity contribution is -0.396. The number of nitrogens with one attached hydrogen (secondary N) is 4. The number of aliphatic carboxylic acids is 1. The Morgan fingerprint density at radius 1 is 0.444 bits per heavy atom. The maximum absolute atomic E-state index is 13.7. The summed E-state index contributed by atoms with van der Waals surface area (Å²) in [5.41, 5.74) is 5.67. The average Bonchev–Trinajstić information content (AvgIpc) is 0.778. The highest BCUT2D eigenvalue weighted by atomic mass is 16.8. The van der Waals surface area contributed by atoms with Crippen LogP contribution >= 0.6 is 0 Å². The smallest absolute Gasteiger partial charge is 0.326 e. The Hall–Kier alpha value is -5.91. The molecule has 0 aliphatic carbocycles. The van der Waals surface area contributed by atoms with Gasteiger partial charge < -0.3 is 195 Å². The summed E-state index contributed by atoms with van der Waals surface area (Å²) in [6.45, 7) is -7.52. The lowest BCUT2D eigenvalue weighted by Gasteiger charge is -2.50. The molecule has 14 bridgehead atoms. The summed E-state index contributed by atoms with van der Waals surface area (Å²) in [5.74, 6) is -3.61. The van der Waals surface area contributed by atoms with Crippen molar-refractivity contribution in [1.82, 2.24) is 30.6 Å². The van der Waals surface area contributed by atoms with Crippen LogP contribution in [-0.2, 0) is 82.4 Å². The van der Waals surface area contributed by atoms with Crippen molar-refractivity contribution in [3.8, 4) is 0 Å². The van der Waals surface area contributed by atoms with E-state index in [0.717, 1.165) is 0 Å². The number of ether oxygens (including phenoxy) is 14. The molecule has 0 spiro atoms. The fourth-order valence-electron chi connectivity index (χ4n) is 13.5. The van der Waals surface area contributed by atoms with Gasteiger partial charge in [0.25, 0.3) is 11.5 Å². The molecule has 2 amide bonds. The largest absolute Gasteiger partial charge is 0.480 e. The monoisotopic (exact) mass is 1560 g/mol. The molecule has 36 atom stereocenters. The zero-order valence-electron chi connectivity index (χ0n) is 56.4. The van der Waals surface area contributed by atoms with Crippen molar-refractivity contribution in [3.05, 3.63) is 52.1 Å². The molecule has 108 heavy (non-hydrogen) atoms. The number of hydrogen-bond acceptors (Lipinski definition) is 43. The average molecular weight is 1560 g/mol. The number of benzene rings is 1. The molecule has 47 nitrogen and oxygen atoms in total. The highest BCUT2D eigenvalue weighted by Gasteiger charge is 2.60. The SMILES string of the molecule is Nc1nc2ncc(CNc3ccc(C(=O)NC(CCC(=O)NCC4OC5OC6C(CO)OC(OC7C(CO)OC(OC8C(CO)OC(OC9C(CO)OC(OC%10C(CO)OC(OC%11C(CO)OC(OC4C(O)C5O)C(O)C%11O)C(O)C%10O)C(O)C9O)C(O)C8O)C(O)C7O)C(O)C6O)C(=O)O)cc3)nc2c(=O)[nH]1. The summed E-state index contributed by atoms with van der Waals surface area (Å²) in [6, 6.07) is 3.91. The molecule has 21 saturated heterocycles. The summed E-state index contributed by atoms with van der Waals surface area (Å²) >= 11 is 0. The van der Waals surface area contributed by atoms with Gasteiger partial charge in [-0.3, -0.25) is 19.4 Å². The van der Waals surface area contributed by atoms with Crippen LogP contribution in [0.4, 0.5) is 11.6 Å². The summed E-state index contributed by atoms with van der Waals surface area (Å²) in [4.78, 5) is 66.6. The number of nitrogens with two attached hydrogens (primary N) is 1. The number of aromatic amines is 1. The minimum Gasteiger partial charge on any atom is -0.480 e. The number of carboxylic acids is 1. The molecule has 36 unspecified atom stereocenters. The van der Waals surface area contributed by atoms with Crippen molar-refractivity contribution in [3.63, 3.8) is 0 Å². The lowest BCUT2D eigenvalue weighted by atomic mass is 9.95. The summed E-state index contributed by atoms with van der Waals surface area (Å²) in [5, 5.41) is 243. The standard InChI is InChI=1S/C61H88N8O39/c62-61-68-50-28(52(92)69-61)66-18(8-65-50)7-63-17-3-1-16(2-4-17)51(91)67-19(53(93)94)5-6-27(76)64-9-20-43-29(77)36(84)54(95-20)103-44-21(10-70)97-56(38(86)31(44)79)105-46-23(12-72)99-58(40(88)33(46)81)107-48-25(14-74)101-60(42(90)35(48)83)108-49-26(15-75)100-59(41(89)34(49)82)106-47-24(13-73)98-57(39(87)32(47)80)104-45-22(11-71)96-55(102-43)37(85)30(45)78/h1-4,8,19-26,29-49,54-60,63,70-75,77-90H,5-7,9-15H2,(H,64,76)(H,67,91)(H,93,94)(H3,62,65,68,69,92). The normalized spacial score (nSPS) is 42.9. The topological polar surface area (TPSA) is 739 Å². The second kappa shape index (κ2) is 35.8. The van der Waals surface area contributed by atoms with E-state index in [-0.39, 0.29) is 29.2 Å². The van der Waals surface area contributed by atoms with Crippen LogP contribution in [0, 0.1) is 0 Å². The Labute approximate surface area is 607 Å². The number of nitrogens with zero attached hydrogens (tertiary/aromatic N) is 3. The molecule has 606 valence electrons. The number of anilines is 2. The highest BCUT2D eigenvalue weighted by molar-refractivity contribution is 5.97. The van der Waals surface area contributed by atoms with Gasteiger partial charge in [-0.1, -0.05) is 0 Å². The third-order valence-corrected chi connectivity index (χ3v) is 19.5. The third-order valence-electron chi connectivity index (χ3n) is 19.5.